The summed E-state index contributed by atoms with van der Waals surface area (Å²) >= 11 is 0. The van der Waals surface area contributed by atoms with Gasteiger partial charge in [0.1, 0.15) is 5.82 Å². The van der Waals surface area contributed by atoms with Gasteiger partial charge in [-0.25, -0.2) is 4.98 Å². The first-order valence-corrected chi connectivity index (χ1v) is 6.02. The van der Waals surface area contributed by atoms with Crippen LogP contribution < -0.4 is 10.2 Å². The van der Waals surface area contributed by atoms with E-state index in [0.29, 0.717) is 6.04 Å². The van der Waals surface area contributed by atoms with Gasteiger partial charge in [0.25, 0.3) is 0 Å². The lowest BCUT2D eigenvalue weighted by Gasteiger charge is -2.14. The van der Waals surface area contributed by atoms with Crippen LogP contribution in [-0.2, 0) is 6.54 Å². The molecule has 3 nitrogen and oxygen atoms in total. The lowest BCUT2D eigenvalue weighted by atomic mass is 10.2. The van der Waals surface area contributed by atoms with Gasteiger partial charge in [-0.2, -0.15) is 0 Å². The van der Waals surface area contributed by atoms with E-state index in [4.69, 9.17) is 0 Å². The van der Waals surface area contributed by atoms with E-state index in [0.717, 1.165) is 18.3 Å². The molecule has 1 N–H and O–H groups in total. The molecule has 0 aromatic carbocycles. The van der Waals surface area contributed by atoms with Gasteiger partial charge >= 0.3 is 0 Å². The molecule has 16 heavy (non-hydrogen) atoms. The van der Waals surface area contributed by atoms with E-state index in [1.165, 1.54) is 18.4 Å². The van der Waals surface area contributed by atoms with E-state index >= 15 is 0 Å². The standard InChI is InChI=1S/C13H21N3/c1-10(12-5-6-12)14-8-11-4-7-13(15-9-11)16(2)3/h4,7,9-10,12,14H,5-6,8H2,1-3H3. The molecule has 0 amide bonds. The Kier molecular flexibility index (Phi) is 3.44. The van der Waals surface area contributed by atoms with E-state index in [2.05, 4.69) is 29.4 Å². The number of nitrogens with one attached hydrogen (secondary N) is 1. The highest BCUT2D eigenvalue weighted by molar-refractivity contribution is 5.37. The second-order valence-electron chi connectivity index (χ2n) is 4.93. The molecular formula is C13H21N3. The van der Waals surface area contributed by atoms with Crippen molar-refractivity contribution in [1.82, 2.24) is 10.3 Å². The Labute approximate surface area is 97.9 Å². The summed E-state index contributed by atoms with van der Waals surface area (Å²) in [5.41, 5.74) is 1.26. The van der Waals surface area contributed by atoms with Gasteiger partial charge in [0, 0.05) is 32.9 Å². The normalized spacial score (nSPS) is 17.2. The summed E-state index contributed by atoms with van der Waals surface area (Å²) in [5.74, 6) is 1.92. The van der Waals surface area contributed by atoms with Gasteiger partial charge in [0.15, 0.2) is 0 Å². The Morgan fingerprint density at radius 2 is 2.19 bits per heavy atom. The Morgan fingerprint density at radius 1 is 1.44 bits per heavy atom. The van der Waals surface area contributed by atoms with Crippen LogP contribution in [0, 0.1) is 5.92 Å². The molecule has 1 unspecified atom stereocenters. The van der Waals surface area contributed by atoms with Crippen molar-refractivity contribution >= 4 is 5.82 Å². The van der Waals surface area contributed by atoms with Gasteiger partial charge in [-0.05, 0) is 37.3 Å². The van der Waals surface area contributed by atoms with Crippen molar-refractivity contribution in [3.8, 4) is 0 Å². The minimum Gasteiger partial charge on any atom is -0.363 e. The molecule has 2 rings (SSSR count). The van der Waals surface area contributed by atoms with Crippen LogP contribution in [0.1, 0.15) is 25.3 Å². The number of rotatable bonds is 5. The van der Waals surface area contributed by atoms with E-state index in [-0.39, 0.29) is 0 Å². The molecule has 1 heterocycles. The molecule has 1 atom stereocenters. The van der Waals surface area contributed by atoms with Gasteiger partial charge in [-0.15, -0.1) is 0 Å². The summed E-state index contributed by atoms with van der Waals surface area (Å²) in [6, 6.07) is 4.86. The minimum atomic E-state index is 0.647. The Bertz CT molecular complexity index is 328. The highest BCUT2D eigenvalue weighted by atomic mass is 15.1. The summed E-state index contributed by atoms with van der Waals surface area (Å²) in [4.78, 5) is 6.42. The quantitative estimate of drug-likeness (QED) is 0.821. The lowest BCUT2D eigenvalue weighted by molar-refractivity contribution is 0.496. The molecule has 0 radical (unpaired) electrons. The number of hydrogen-bond donors (Lipinski definition) is 1. The molecule has 1 fully saturated rings. The van der Waals surface area contributed by atoms with Gasteiger partial charge in [0.2, 0.25) is 0 Å². The Morgan fingerprint density at radius 3 is 2.69 bits per heavy atom. The third kappa shape index (κ3) is 2.95. The van der Waals surface area contributed by atoms with Crippen LogP contribution in [0.25, 0.3) is 0 Å². The molecule has 0 aliphatic heterocycles. The van der Waals surface area contributed by atoms with E-state index < -0.39 is 0 Å². The molecule has 88 valence electrons. The number of hydrogen-bond acceptors (Lipinski definition) is 3. The first kappa shape index (κ1) is 11.4. The predicted molar refractivity (Wildman–Crippen MR) is 67.6 cm³/mol. The maximum absolute atomic E-state index is 4.40. The average Bonchev–Trinajstić information content (AvgIpc) is 3.10. The predicted octanol–water partition coefficient (Wildman–Crippen LogP) is 2.04. The monoisotopic (exact) mass is 219 g/mol. The second kappa shape index (κ2) is 4.83. The second-order valence-corrected chi connectivity index (χ2v) is 4.93. The summed E-state index contributed by atoms with van der Waals surface area (Å²) in [6.45, 7) is 3.21. The number of aromatic nitrogens is 1. The van der Waals surface area contributed by atoms with Crippen molar-refractivity contribution < 1.29 is 0 Å². The van der Waals surface area contributed by atoms with Crippen LogP contribution in [0.15, 0.2) is 18.3 Å². The van der Waals surface area contributed by atoms with E-state index in [1.807, 2.05) is 25.2 Å². The minimum absolute atomic E-state index is 0.647. The molecule has 1 aromatic heterocycles. The molecule has 0 saturated heterocycles. The third-order valence-corrected chi connectivity index (χ3v) is 3.22. The van der Waals surface area contributed by atoms with E-state index in [9.17, 15) is 0 Å². The fourth-order valence-corrected chi connectivity index (χ4v) is 1.83. The zero-order valence-electron chi connectivity index (χ0n) is 10.4. The molecule has 1 saturated carbocycles. The van der Waals surface area contributed by atoms with Gasteiger partial charge in [-0.3, -0.25) is 0 Å². The molecule has 1 aromatic rings. The largest absolute Gasteiger partial charge is 0.363 e. The smallest absolute Gasteiger partial charge is 0.127 e. The maximum Gasteiger partial charge on any atom is 0.127 e. The summed E-state index contributed by atoms with van der Waals surface area (Å²) in [6.07, 6.45) is 4.75. The van der Waals surface area contributed by atoms with Crippen LogP contribution in [0.4, 0.5) is 5.82 Å². The molecule has 0 spiro atoms. The SMILES string of the molecule is CC(NCc1ccc(N(C)C)nc1)C1CC1. The molecule has 1 aliphatic carbocycles. The Balaban J connectivity index is 1.84. The van der Waals surface area contributed by atoms with Crippen molar-refractivity contribution in [2.45, 2.75) is 32.4 Å². The lowest BCUT2D eigenvalue weighted by Crippen LogP contribution is -2.27. The van der Waals surface area contributed by atoms with Crippen LogP contribution in [0.5, 0.6) is 0 Å². The number of pyridine rings is 1. The van der Waals surface area contributed by atoms with Crippen molar-refractivity contribution in [2.24, 2.45) is 5.92 Å². The molecule has 0 bridgehead atoms. The molecule has 3 heteroatoms. The molecule has 1 aliphatic rings. The van der Waals surface area contributed by atoms with Gasteiger partial charge in [-0.1, -0.05) is 6.07 Å². The van der Waals surface area contributed by atoms with Crippen molar-refractivity contribution in [2.75, 3.05) is 19.0 Å². The maximum atomic E-state index is 4.40. The van der Waals surface area contributed by atoms with Crippen molar-refractivity contribution in [3.63, 3.8) is 0 Å². The van der Waals surface area contributed by atoms with E-state index in [1.54, 1.807) is 0 Å². The van der Waals surface area contributed by atoms with Crippen molar-refractivity contribution in [1.29, 1.82) is 0 Å². The number of anilines is 1. The zero-order chi connectivity index (χ0) is 11.5. The zero-order valence-corrected chi connectivity index (χ0v) is 10.4. The fourth-order valence-electron chi connectivity index (χ4n) is 1.83. The Hall–Kier alpha value is -1.09. The first-order chi connectivity index (χ1) is 7.66. The average molecular weight is 219 g/mol. The third-order valence-electron chi connectivity index (χ3n) is 3.22. The topological polar surface area (TPSA) is 28.2 Å². The van der Waals surface area contributed by atoms with Crippen LogP contribution >= 0.6 is 0 Å². The highest BCUT2D eigenvalue weighted by Gasteiger charge is 2.27. The van der Waals surface area contributed by atoms with Crippen LogP contribution in [-0.4, -0.2) is 25.1 Å². The van der Waals surface area contributed by atoms with Gasteiger partial charge in [0.05, 0.1) is 0 Å². The fraction of sp³-hybridized carbons (Fsp3) is 0.615. The highest BCUT2D eigenvalue weighted by Crippen LogP contribution is 2.32. The number of nitrogens with zero attached hydrogens (tertiary/aromatic N) is 2. The van der Waals surface area contributed by atoms with Gasteiger partial charge < -0.3 is 10.2 Å². The summed E-state index contributed by atoms with van der Waals surface area (Å²) in [5, 5.41) is 3.56. The van der Waals surface area contributed by atoms with Crippen molar-refractivity contribution in [3.05, 3.63) is 23.9 Å². The van der Waals surface area contributed by atoms with Crippen LogP contribution in [0.2, 0.25) is 0 Å². The van der Waals surface area contributed by atoms with Crippen LogP contribution in [0.3, 0.4) is 0 Å². The summed E-state index contributed by atoms with van der Waals surface area (Å²) in [7, 11) is 4.02. The summed E-state index contributed by atoms with van der Waals surface area (Å²) < 4.78 is 0. The molecular weight excluding hydrogens is 198 g/mol. The first-order valence-electron chi connectivity index (χ1n) is 6.02.